The van der Waals surface area contributed by atoms with E-state index in [-0.39, 0.29) is 12.1 Å². The van der Waals surface area contributed by atoms with Gasteiger partial charge < -0.3 is 15.0 Å². The van der Waals surface area contributed by atoms with E-state index in [2.05, 4.69) is 58.1 Å². The van der Waals surface area contributed by atoms with Crippen molar-refractivity contribution in [1.82, 2.24) is 4.90 Å². The van der Waals surface area contributed by atoms with E-state index in [4.69, 9.17) is 4.74 Å². The molecule has 0 aliphatic carbocycles. The van der Waals surface area contributed by atoms with Crippen molar-refractivity contribution < 1.29 is 9.53 Å². The van der Waals surface area contributed by atoms with Gasteiger partial charge in [0.2, 0.25) is 0 Å². The fraction of sp³-hybridized carbons (Fsp3) is 0.650. The van der Waals surface area contributed by atoms with E-state index in [0.29, 0.717) is 12.6 Å². The summed E-state index contributed by atoms with van der Waals surface area (Å²) in [6.45, 7) is 16.9. The van der Waals surface area contributed by atoms with Crippen molar-refractivity contribution in [3.63, 3.8) is 0 Å². The number of ether oxygens (including phenoxy) is 1. The first-order valence-corrected chi connectivity index (χ1v) is 8.91. The van der Waals surface area contributed by atoms with Gasteiger partial charge in [0.05, 0.1) is 6.04 Å². The zero-order valence-corrected chi connectivity index (χ0v) is 16.6. The maximum Gasteiger partial charge on any atom is 0.410 e. The molecule has 0 heterocycles. The zero-order valence-electron chi connectivity index (χ0n) is 16.6. The molecule has 0 saturated carbocycles. The second kappa shape index (κ2) is 8.41. The molecule has 1 rings (SSSR count). The lowest BCUT2D eigenvalue weighted by atomic mass is 10.0. The molecule has 0 aromatic heterocycles. The normalized spacial score (nSPS) is 12.9. The quantitative estimate of drug-likeness (QED) is 0.744. The summed E-state index contributed by atoms with van der Waals surface area (Å²) >= 11 is 0. The summed E-state index contributed by atoms with van der Waals surface area (Å²) in [4.78, 5) is 14.4. The van der Waals surface area contributed by atoms with Crippen LogP contribution in [0.5, 0.6) is 0 Å². The van der Waals surface area contributed by atoms with Gasteiger partial charge in [0.15, 0.2) is 0 Å². The lowest BCUT2D eigenvalue weighted by Crippen LogP contribution is -2.39. The molecule has 1 amide bonds. The van der Waals surface area contributed by atoms with E-state index in [1.54, 1.807) is 0 Å². The van der Waals surface area contributed by atoms with Gasteiger partial charge >= 0.3 is 6.09 Å². The number of carbonyl (C=O) groups is 1. The summed E-state index contributed by atoms with van der Waals surface area (Å²) in [6, 6.07) is 6.68. The second-order valence-corrected chi connectivity index (χ2v) is 7.72. The Bertz CT molecular complexity index is 547. The van der Waals surface area contributed by atoms with E-state index in [0.717, 1.165) is 17.7 Å². The number of nitrogens with zero attached hydrogens (tertiary/aromatic N) is 1. The minimum absolute atomic E-state index is 0.0342. The molecular weight excluding hydrogens is 300 g/mol. The molecule has 1 atom stereocenters. The van der Waals surface area contributed by atoms with Crippen molar-refractivity contribution in [2.45, 2.75) is 79.5 Å². The van der Waals surface area contributed by atoms with E-state index in [9.17, 15) is 4.79 Å². The molecule has 136 valence electrons. The molecule has 4 nitrogen and oxygen atoms in total. The van der Waals surface area contributed by atoms with Gasteiger partial charge in [0.1, 0.15) is 5.60 Å². The fourth-order valence-electron chi connectivity index (χ4n) is 2.55. The molecule has 1 N–H and O–H groups in total. The van der Waals surface area contributed by atoms with Gasteiger partial charge in [-0.05, 0) is 72.1 Å². The highest BCUT2D eigenvalue weighted by atomic mass is 16.6. The molecule has 0 aliphatic rings. The van der Waals surface area contributed by atoms with Crippen LogP contribution in [-0.4, -0.2) is 29.2 Å². The number of anilines is 1. The minimum atomic E-state index is -0.486. The van der Waals surface area contributed by atoms with Crippen molar-refractivity contribution >= 4 is 11.8 Å². The molecule has 0 spiro atoms. The van der Waals surface area contributed by atoms with Crippen molar-refractivity contribution in [3.05, 3.63) is 29.3 Å². The van der Waals surface area contributed by atoms with Crippen molar-refractivity contribution in [2.24, 2.45) is 0 Å². The maximum absolute atomic E-state index is 12.6. The third-order valence-electron chi connectivity index (χ3n) is 3.75. The Labute approximate surface area is 147 Å². The summed E-state index contributed by atoms with van der Waals surface area (Å²) in [5.41, 5.74) is 2.96. The Morgan fingerprint density at radius 1 is 1.25 bits per heavy atom. The Kier molecular flexibility index (Phi) is 7.12. The molecule has 24 heavy (non-hydrogen) atoms. The Hall–Kier alpha value is -1.71. The maximum atomic E-state index is 12.6. The third kappa shape index (κ3) is 6.06. The summed E-state index contributed by atoms with van der Waals surface area (Å²) in [7, 11) is 0. The second-order valence-electron chi connectivity index (χ2n) is 7.72. The number of rotatable bonds is 6. The Balaban J connectivity index is 3.06. The number of hydrogen-bond acceptors (Lipinski definition) is 3. The first-order chi connectivity index (χ1) is 11.0. The summed E-state index contributed by atoms with van der Waals surface area (Å²) in [5, 5.41) is 3.47. The average molecular weight is 335 g/mol. The molecule has 0 unspecified atom stereocenters. The van der Waals surface area contributed by atoms with Crippen LogP contribution in [0.25, 0.3) is 0 Å². The Morgan fingerprint density at radius 2 is 1.88 bits per heavy atom. The molecule has 0 radical (unpaired) electrons. The number of nitrogens with one attached hydrogen (secondary N) is 1. The van der Waals surface area contributed by atoms with Crippen LogP contribution in [0, 0.1) is 6.92 Å². The Morgan fingerprint density at radius 3 is 2.38 bits per heavy atom. The molecule has 0 bridgehead atoms. The highest BCUT2D eigenvalue weighted by Gasteiger charge is 2.26. The number of benzene rings is 1. The summed E-state index contributed by atoms with van der Waals surface area (Å²) in [5.74, 6) is 0. The lowest BCUT2D eigenvalue weighted by Gasteiger charge is -2.32. The molecule has 0 saturated heterocycles. The SMILES string of the molecule is CCCN(C(=O)OC(C)(C)C)[C@@H](C)c1ccc(C)c(NC(C)C)c1. The minimum Gasteiger partial charge on any atom is -0.444 e. The van der Waals surface area contributed by atoms with E-state index >= 15 is 0 Å². The first kappa shape index (κ1) is 20.3. The van der Waals surface area contributed by atoms with Crippen molar-refractivity contribution in [1.29, 1.82) is 0 Å². The highest BCUT2D eigenvalue weighted by molar-refractivity contribution is 5.69. The summed E-state index contributed by atoms with van der Waals surface area (Å²) in [6.07, 6.45) is 0.641. The van der Waals surface area contributed by atoms with Gasteiger partial charge in [-0.3, -0.25) is 0 Å². The van der Waals surface area contributed by atoms with Crippen LogP contribution in [-0.2, 0) is 4.74 Å². The van der Waals surface area contributed by atoms with Crippen molar-refractivity contribution in [3.8, 4) is 0 Å². The molecule has 4 heteroatoms. The van der Waals surface area contributed by atoms with E-state index in [1.165, 1.54) is 5.56 Å². The molecular formula is C20H34N2O2. The van der Waals surface area contributed by atoms with Gasteiger partial charge in [0, 0.05) is 18.3 Å². The van der Waals surface area contributed by atoms with Gasteiger partial charge in [-0.2, -0.15) is 0 Å². The highest BCUT2D eigenvalue weighted by Crippen LogP contribution is 2.27. The van der Waals surface area contributed by atoms with E-state index in [1.807, 2.05) is 25.7 Å². The van der Waals surface area contributed by atoms with Gasteiger partial charge in [-0.15, -0.1) is 0 Å². The van der Waals surface area contributed by atoms with Crippen LogP contribution < -0.4 is 5.32 Å². The van der Waals surface area contributed by atoms with E-state index < -0.39 is 5.60 Å². The standard InChI is InChI=1S/C20H34N2O2/c1-9-12-22(19(23)24-20(6,7)8)16(5)17-11-10-15(4)18(13-17)21-14(2)3/h10-11,13-14,16,21H,9,12H2,1-8H3/t16-/m0/s1. The van der Waals surface area contributed by atoms with Crippen LogP contribution in [0.4, 0.5) is 10.5 Å². The molecule has 1 aromatic carbocycles. The number of aryl methyl sites for hydroxylation is 1. The smallest absolute Gasteiger partial charge is 0.410 e. The van der Waals surface area contributed by atoms with Crippen LogP contribution in [0.2, 0.25) is 0 Å². The third-order valence-corrected chi connectivity index (χ3v) is 3.75. The fourth-order valence-corrected chi connectivity index (χ4v) is 2.55. The molecule has 0 aliphatic heterocycles. The predicted molar refractivity (Wildman–Crippen MR) is 102 cm³/mol. The lowest BCUT2D eigenvalue weighted by molar-refractivity contribution is 0.0173. The zero-order chi connectivity index (χ0) is 18.5. The average Bonchev–Trinajstić information content (AvgIpc) is 2.44. The van der Waals surface area contributed by atoms with Gasteiger partial charge in [-0.25, -0.2) is 4.79 Å². The number of amides is 1. The first-order valence-electron chi connectivity index (χ1n) is 8.91. The van der Waals surface area contributed by atoms with Crippen molar-refractivity contribution in [2.75, 3.05) is 11.9 Å². The van der Waals surface area contributed by atoms with Gasteiger partial charge in [0.25, 0.3) is 0 Å². The van der Waals surface area contributed by atoms with Gasteiger partial charge in [-0.1, -0.05) is 19.1 Å². The van der Waals surface area contributed by atoms with Crippen LogP contribution >= 0.6 is 0 Å². The molecule has 0 fully saturated rings. The number of hydrogen-bond donors (Lipinski definition) is 1. The topological polar surface area (TPSA) is 41.6 Å². The largest absolute Gasteiger partial charge is 0.444 e. The summed E-state index contributed by atoms with van der Waals surface area (Å²) < 4.78 is 5.58. The van der Waals surface area contributed by atoms with Crippen LogP contribution in [0.1, 0.15) is 72.1 Å². The number of carbonyl (C=O) groups excluding carboxylic acids is 1. The van der Waals surface area contributed by atoms with Crippen LogP contribution in [0.3, 0.4) is 0 Å². The monoisotopic (exact) mass is 334 g/mol. The predicted octanol–water partition coefficient (Wildman–Crippen LogP) is 5.52. The molecule has 1 aromatic rings. The van der Waals surface area contributed by atoms with Crippen LogP contribution in [0.15, 0.2) is 18.2 Å².